The van der Waals surface area contributed by atoms with Gasteiger partial charge in [0.2, 0.25) is 0 Å². The van der Waals surface area contributed by atoms with Crippen LogP contribution in [-0.4, -0.2) is 102 Å². The lowest BCUT2D eigenvalue weighted by molar-refractivity contribution is -0.461. The molecule has 0 saturated carbocycles. The predicted octanol–water partition coefficient (Wildman–Crippen LogP) is 11.7. The molecule has 0 bridgehead atoms. The Bertz CT molecular complexity index is 2430. The van der Waals surface area contributed by atoms with Gasteiger partial charge in [0.15, 0.2) is 0 Å². The molecule has 69 heavy (non-hydrogen) atoms. The molecule has 0 aromatic heterocycles. The minimum Gasteiger partial charge on any atom is -0.496 e. The van der Waals surface area contributed by atoms with Crippen molar-refractivity contribution >= 4 is 40.7 Å². The van der Waals surface area contributed by atoms with E-state index >= 15 is 0 Å². The minimum atomic E-state index is -8.76. The molecule has 29 heteroatoms. The lowest BCUT2D eigenvalue weighted by Crippen LogP contribution is -2.74. The molecule has 1 aliphatic heterocycles. The summed E-state index contributed by atoms with van der Waals surface area (Å²) in [6.45, 7) is 1.31. The Morgan fingerprint density at radius 1 is 0.754 bits per heavy atom. The molecule has 382 valence electrons. The number of nitrogens with zero attached hydrogens (tertiary/aromatic N) is 3. The van der Waals surface area contributed by atoms with Gasteiger partial charge in [-0.25, -0.2) is 4.90 Å². The van der Waals surface area contributed by atoms with Gasteiger partial charge < -0.3 is 19.1 Å². The summed E-state index contributed by atoms with van der Waals surface area (Å²) in [4.78, 5) is 55.8. The van der Waals surface area contributed by atoms with E-state index in [0.29, 0.717) is 4.90 Å². The van der Waals surface area contributed by atoms with Crippen molar-refractivity contribution < 1.29 is 108 Å². The highest BCUT2D eigenvalue weighted by molar-refractivity contribution is 6.32. The number of hydrogen-bond acceptors (Lipinski definition) is 8. The number of alkyl halides is 17. The van der Waals surface area contributed by atoms with E-state index in [1.165, 1.54) is 18.2 Å². The Morgan fingerprint density at radius 2 is 1.26 bits per heavy atom. The van der Waals surface area contributed by atoms with Crippen molar-refractivity contribution in [3.05, 3.63) is 86.4 Å². The second-order valence-corrected chi connectivity index (χ2v) is 15.8. The number of fused-ring (bicyclic) bond motifs is 1. The van der Waals surface area contributed by atoms with Gasteiger partial charge in [-0.1, -0.05) is 37.6 Å². The SMILES string of the molecule is COc1cc(OCCCC(F)(F)C(F)(F)C(F)(F)C(F)(F)C(F)(F)C(F)(F)C(F)(F)C(F)(F)F)cc(OC)c1CN1C(=O)c2cc(Cl)ccc2N(C(=O)c2ccccc2[N+](=O)[O-])C(=O)C1CC(C)C. The van der Waals surface area contributed by atoms with Crippen molar-refractivity contribution in [3.63, 3.8) is 0 Å². The Morgan fingerprint density at radius 3 is 1.75 bits per heavy atom. The van der Waals surface area contributed by atoms with Crippen LogP contribution < -0.4 is 19.1 Å². The number of halogens is 18. The van der Waals surface area contributed by atoms with E-state index in [-0.39, 0.29) is 39.8 Å². The van der Waals surface area contributed by atoms with Crippen LogP contribution in [0.3, 0.4) is 0 Å². The van der Waals surface area contributed by atoms with Gasteiger partial charge in [0.05, 0.1) is 49.1 Å². The van der Waals surface area contributed by atoms with Gasteiger partial charge in [-0.15, -0.1) is 0 Å². The molecular formula is C40H33ClF17N3O8. The number of nitro groups is 1. The number of hydrogen-bond donors (Lipinski definition) is 0. The van der Waals surface area contributed by atoms with Crippen LogP contribution in [0, 0.1) is 16.0 Å². The number of anilines is 1. The highest BCUT2D eigenvalue weighted by Crippen LogP contribution is 2.64. The maximum Gasteiger partial charge on any atom is 0.460 e. The highest BCUT2D eigenvalue weighted by atomic mass is 35.5. The smallest absolute Gasteiger partial charge is 0.460 e. The van der Waals surface area contributed by atoms with Gasteiger partial charge in [0.25, 0.3) is 23.4 Å². The van der Waals surface area contributed by atoms with Gasteiger partial charge in [-0.05, 0) is 43.0 Å². The molecular weight excluding hydrogens is 1010 g/mol. The largest absolute Gasteiger partial charge is 0.496 e. The van der Waals surface area contributed by atoms with Crippen molar-refractivity contribution in [2.75, 3.05) is 25.7 Å². The second kappa shape index (κ2) is 19.2. The summed E-state index contributed by atoms with van der Waals surface area (Å²) in [7, 11) is 2.01. The third-order valence-corrected chi connectivity index (χ3v) is 10.6. The number of carbonyl (C=O) groups excluding carboxylic acids is 3. The molecule has 3 aromatic carbocycles. The number of nitro benzene ring substituents is 1. The number of rotatable bonds is 19. The van der Waals surface area contributed by atoms with Crippen LogP contribution in [0.1, 0.15) is 59.4 Å². The molecule has 3 amide bonds. The van der Waals surface area contributed by atoms with E-state index in [1.807, 2.05) is 0 Å². The first-order valence-corrected chi connectivity index (χ1v) is 19.6. The van der Waals surface area contributed by atoms with Crippen LogP contribution in [0.25, 0.3) is 0 Å². The summed E-state index contributed by atoms with van der Waals surface area (Å²) in [5, 5.41) is 11.8. The van der Waals surface area contributed by atoms with Crippen LogP contribution in [0.15, 0.2) is 54.6 Å². The lowest BCUT2D eigenvalue weighted by atomic mass is 9.88. The quantitative estimate of drug-likeness (QED) is 0.0382. The molecule has 0 saturated heterocycles. The van der Waals surface area contributed by atoms with Crippen molar-refractivity contribution in [3.8, 4) is 17.2 Å². The fourth-order valence-corrected chi connectivity index (χ4v) is 6.95. The molecule has 1 heterocycles. The van der Waals surface area contributed by atoms with E-state index in [9.17, 15) is 99.1 Å². The first kappa shape index (κ1) is 55.8. The topological polar surface area (TPSA) is 129 Å². The van der Waals surface area contributed by atoms with Crippen LogP contribution in [0.2, 0.25) is 5.02 Å². The summed E-state index contributed by atoms with van der Waals surface area (Å²) in [5.41, 5.74) is -2.04. The molecule has 4 rings (SSSR count). The van der Waals surface area contributed by atoms with Gasteiger partial charge in [0.1, 0.15) is 28.9 Å². The third-order valence-electron chi connectivity index (χ3n) is 10.4. The van der Waals surface area contributed by atoms with Crippen LogP contribution in [0.4, 0.5) is 86.0 Å². The standard InChI is InChI=1S/C40H33ClF17N3O8/c1-19(2)14-27-32(64)60(31(63)22-8-5-6-9-26(22)61(65)66)25-11-10-20(41)15-23(25)30(62)59(27)18-24-28(67-3)16-21(17-29(24)68-4)69-13-7-12-33(42,43)34(44,45)35(46,47)36(48,49)37(50,51)38(52,53)39(54,55)40(56,57)58/h5-6,8-11,15-17,19,27H,7,12-14,18H2,1-4H3. The molecule has 0 aliphatic carbocycles. The first-order chi connectivity index (χ1) is 31.4. The van der Waals surface area contributed by atoms with E-state index in [1.54, 1.807) is 13.8 Å². The number of methoxy groups -OCH3 is 2. The van der Waals surface area contributed by atoms with E-state index in [4.69, 9.17) is 25.8 Å². The van der Waals surface area contributed by atoms with Crippen LogP contribution >= 0.6 is 11.6 Å². The van der Waals surface area contributed by atoms with Crippen molar-refractivity contribution in [2.45, 2.75) is 93.3 Å². The third kappa shape index (κ3) is 9.59. The van der Waals surface area contributed by atoms with E-state index in [0.717, 1.165) is 55.5 Å². The van der Waals surface area contributed by atoms with Gasteiger partial charge in [-0.2, -0.15) is 74.6 Å². The summed E-state index contributed by atoms with van der Waals surface area (Å²) in [6, 6.07) is 8.35. The maximum atomic E-state index is 14.6. The van der Waals surface area contributed by atoms with Gasteiger partial charge >= 0.3 is 47.6 Å². The molecule has 3 aromatic rings. The monoisotopic (exact) mass is 1040 g/mol. The number of para-hydroxylation sites is 1. The minimum absolute atomic E-state index is 0.0712. The Labute approximate surface area is 382 Å². The number of amides is 3. The van der Waals surface area contributed by atoms with Crippen molar-refractivity contribution in [1.29, 1.82) is 0 Å². The normalized spacial score (nSPS) is 15.8. The molecule has 1 unspecified atom stereocenters. The number of carbonyl (C=O) groups is 3. The lowest BCUT2D eigenvalue weighted by Gasteiger charge is -2.42. The molecule has 0 spiro atoms. The zero-order valence-electron chi connectivity index (χ0n) is 35.3. The molecule has 0 fully saturated rings. The fraction of sp³-hybridized carbons (Fsp3) is 0.475. The van der Waals surface area contributed by atoms with Gasteiger partial charge in [0, 0.05) is 29.6 Å². The molecule has 11 nitrogen and oxygen atoms in total. The van der Waals surface area contributed by atoms with Crippen molar-refractivity contribution in [1.82, 2.24) is 4.90 Å². The highest BCUT2D eigenvalue weighted by Gasteiger charge is 2.95. The average Bonchev–Trinajstić information content (AvgIpc) is 3.32. The summed E-state index contributed by atoms with van der Waals surface area (Å²) in [5.74, 6) is -62.1. The number of ether oxygens (including phenoxy) is 3. The first-order valence-electron chi connectivity index (χ1n) is 19.2. The number of imide groups is 1. The second-order valence-electron chi connectivity index (χ2n) is 15.4. The number of benzene rings is 3. The van der Waals surface area contributed by atoms with Gasteiger partial charge in [-0.3, -0.25) is 24.5 Å². The predicted molar refractivity (Wildman–Crippen MR) is 204 cm³/mol. The average molecular weight is 1040 g/mol. The van der Waals surface area contributed by atoms with Crippen molar-refractivity contribution in [2.24, 2.45) is 5.92 Å². The summed E-state index contributed by atoms with van der Waals surface area (Å²) < 4.78 is 249. The van der Waals surface area contributed by atoms with Crippen LogP contribution in [0.5, 0.6) is 17.2 Å². The molecule has 1 atom stereocenters. The molecule has 0 N–H and O–H groups in total. The Hall–Kier alpha value is -5.83. The van der Waals surface area contributed by atoms with E-state index < -0.39 is 125 Å². The molecule has 1 aliphatic rings. The van der Waals surface area contributed by atoms with Crippen LogP contribution in [-0.2, 0) is 11.3 Å². The fourth-order valence-electron chi connectivity index (χ4n) is 6.78. The zero-order valence-corrected chi connectivity index (χ0v) is 36.1. The van der Waals surface area contributed by atoms with E-state index in [2.05, 4.69) is 0 Å². The maximum absolute atomic E-state index is 14.6. The summed E-state index contributed by atoms with van der Waals surface area (Å²) >= 11 is 6.23. The Kier molecular flexibility index (Phi) is 15.5. The molecule has 0 radical (unpaired) electrons. The Balaban J connectivity index is 1.66. The zero-order chi connectivity index (χ0) is 52.8. The summed E-state index contributed by atoms with van der Waals surface area (Å²) in [6.07, 6.45) is -12.4.